The zero-order valence-corrected chi connectivity index (χ0v) is 32.5. The highest BCUT2D eigenvalue weighted by atomic mass is 15.2. The fourth-order valence-corrected chi connectivity index (χ4v) is 9.89. The molecule has 2 N–H and O–H groups in total. The second kappa shape index (κ2) is 14.7. The van der Waals surface area contributed by atoms with Gasteiger partial charge in [-0.25, -0.2) is 0 Å². The number of anilines is 3. The smallest absolute Gasteiger partial charge is 0.104 e. The van der Waals surface area contributed by atoms with Crippen LogP contribution in [0, 0.1) is 5.92 Å². The molecule has 282 valence electrons. The summed E-state index contributed by atoms with van der Waals surface area (Å²) >= 11 is 0. The first-order valence-electron chi connectivity index (χ1n) is 20.9. The molecule has 4 unspecified atom stereocenters. The molecule has 0 saturated heterocycles. The maximum Gasteiger partial charge on any atom is 0.104 e. The van der Waals surface area contributed by atoms with Gasteiger partial charge in [0.1, 0.15) is 6.17 Å². The van der Waals surface area contributed by atoms with E-state index in [0.29, 0.717) is 12.0 Å². The summed E-state index contributed by atoms with van der Waals surface area (Å²) in [5, 5.41) is 7.60. The Morgan fingerprint density at radius 3 is 1.98 bits per heavy atom. The summed E-state index contributed by atoms with van der Waals surface area (Å²) in [4.78, 5) is 5.23. The lowest BCUT2D eigenvalue weighted by Crippen LogP contribution is -2.39. The minimum atomic E-state index is -0.00520. The Hall–Kier alpha value is -6.62. The molecule has 4 heteroatoms. The second-order valence-corrected chi connectivity index (χ2v) is 16.0. The monoisotopic (exact) mass is 750 g/mol. The Morgan fingerprint density at radius 1 is 0.569 bits per heavy atom. The molecular weight excluding hydrogens is 705 g/mol. The quantitative estimate of drug-likeness (QED) is 0.166. The summed E-state index contributed by atoms with van der Waals surface area (Å²) < 4.78 is 0. The van der Waals surface area contributed by atoms with E-state index in [4.69, 9.17) is 0 Å². The maximum atomic E-state index is 3.85. The van der Waals surface area contributed by atoms with Crippen LogP contribution in [0.2, 0.25) is 0 Å². The molecule has 0 saturated carbocycles. The summed E-state index contributed by atoms with van der Waals surface area (Å²) in [6.45, 7) is 0. The van der Waals surface area contributed by atoms with Gasteiger partial charge in [-0.15, -0.1) is 0 Å². The number of nitrogens with zero attached hydrogens (tertiary/aromatic N) is 2. The van der Waals surface area contributed by atoms with E-state index in [1.807, 2.05) is 0 Å². The van der Waals surface area contributed by atoms with Crippen molar-refractivity contribution in [3.8, 4) is 11.1 Å². The van der Waals surface area contributed by atoms with E-state index in [1.54, 1.807) is 0 Å². The van der Waals surface area contributed by atoms with Crippen LogP contribution in [0.3, 0.4) is 0 Å². The Labute approximate surface area is 341 Å². The van der Waals surface area contributed by atoms with Gasteiger partial charge in [-0.05, 0) is 95.5 Å². The van der Waals surface area contributed by atoms with E-state index in [0.717, 1.165) is 30.6 Å². The molecule has 4 nitrogen and oxygen atoms in total. The number of benzene rings is 6. The van der Waals surface area contributed by atoms with E-state index in [1.165, 1.54) is 73.7 Å². The Balaban J connectivity index is 0.936. The van der Waals surface area contributed by atoms with Gasteiger partial charge in [-0.1, -0.05) is 158 Å². The molecule has 0 radical (unpaired) electrons. The van der Waals surface area contributed by atoms with Crippen molar-refractivity contribution in [3.63, 3.8) is 0 Å². The number of hydrogen-bond donors (Lipinski definition) is 2. The van der Waals surface area contributed by atoms with Crippen LogP contribution in [0.5, 0.6) is 0 Å². The molecule has 5 aliphatic rings. The summed E-state index contributed by atoms with van der Waals surface area (Å²) in [5.74, 6) is 0.347. The van der Waals surface area contributed by atoms with E-state index in [9.17, 15) is 0 Å². The van der Waals surface area contributed by atoms with Crippen molar-refractivity contribution < 1.29 is 0 Å². The predicted molar refractivity (Wildman–Crippen MR) is 240 cm³/mol. The number of allylic oxidation sites excluding steroid dienone is 5. The lowest BCUT2D eigenvalue weighted by atomic mass is 9.83. The minimum Gasteiger partial charge on any atom is -0.366 e. The van der Waals surface area contributed by atoms with Crippen LogP contribution >= 0.6 is 0 Å². The van der Waals surface area contributed by atoms with Crippen LogP contribution in [0.15, 0.2) is 200 Å². The average Bonchev–Trinajstić information content (AvgIpc) is 3.59. The molecule has 0 aromatic heterocycles. The van der Waals surface area contributed by atoms with E-state index in [2.05, 4.69) is 215 Å². The third-order valence-electron chi connectivity index (χ3n) is 12.6. The summed E-state index contributed by atoms with van der Waals surface area (Å²) in [6, 6.07) is 58.2. The van der Waals surface area contributed by atoms with Gasteiger partial charge in [0, 0.05) is 40.2 Å². The highest BCUT2D eigenvalue weighted by molar-refractivity contribution is 6.06. The van der Waals surface area contributed by atoms with Crippen LogP contribution in [-0.2, 0) is 0 Å². The third kappa shape index (κ3) is 6.04. The molecule has 6 aromatic carbocycles. The molecule has 0 amide bonds. The molecule has 11 rings (SSSR count). The van der Waals surface area contributed by atoms with E-state index < -0.39 is 0 Å². The lowest BCUT2D eigenvalue weighted by molar-refractivity contribution is 0.311. The fraction of sp³-hybridized carbons (Fsp3) is 0.148. The zero-order valence-electron chi connectivity index (χ0n) is 32.5. The number of hydrogen-bond acceptors (Lipinski definition) is 4. The Morgan fingerprint density at radius 2 is 1.24 bits per heavy atom. The van der Waals surface area contributed by atoms with Crippen molar-refractivity contribution in [1.29, 1.82) is 0 Å². The second-order valence-electron chi connectivity index (χ2n) is 16.0. The first-order chi connectivity index (χ1) is 28.8. The predicted octanol–water partition coefficient (Wildman–Crippen LogP) is 12.9. The van der Waals surface area contributed by atoms with E-state index >= 15 is 0 Å². The molecule has 3 heterocycles. The molecule has 6 aromatic rings. The summed E-state index contributed by atoms with van der Waals surface area (Å²) in [6.07, 6.45) is 18.6. The van der Waals surface area contributed by atoms with Gasteiger partial charge >= 0.3 is 0 Å². The van der Waals surface area contributed by atoms with Crippen molar-refractivity contribution in [3.05, 3.63) is 228 Å². The Bertz CT molecular complexity index is 2630. The minimum absolute atomic E-state index is 0.00520. The summed E-state index contributed by atoms with van der Waals surface area (Å²) in [5.41, 5.74) is 17.7. The van der Waals surface area contributed by atoms with Crippen LogP contribution < -0.4 is 15.5 Å². The first-order valence-corrected chi connectivity index (χ1v) is 20.9. The molecule has 0 bridgehead atoms. The normalized spacial score (nSPS) is 21.9. The zero-order chi connectivity index (χ0) is 38.4. The van der Waals surface area contributed by atoms with Gasteiger partial charge in [0.25, 0.3) is 0 Å². The number of fused-ring (bicyclic) bond motifs is 6. The van der Waals surface area contributed by atoms with Crippen LogP contribution in [-0.4, -0.2) is 10.9 Å². The van der Waals surface area contributed by atoms with Crippen LogP contribution in [0.4, 0.5) is 17.1 Å². The number of rotatable bonds is 6. The molecule has 0 fully saturated rings. The fourth-order valence-electron chi connectivity index (χ4n) is 9.89. The lowest BCUT2D eigenvalue weighted by Gasteiger charge is -2.37. The van der Waals surface area contributed by atoms with Gasteiger partial charge in [-0.2, -0.15) is 0 Å². The third-order valence-corrected chi connectivity index (χ3v) is 12.6. The average molecular weight is 751 g/mol. The highest BCUT2D eigenvalue weighted by Gasteiger charge is 2.45. The van der Waals surface area contributed by atoms with Gasteiger partial charge in [-0.3, -0.25) is 5.32 Å². The molecular formula is C54H46N4. The van der Waals surface area contributed by atoms with Crippen molar-refractivity contribution in [2.24, 2.45) is 5.92 Å². The number of para-hydroxylation sites is 2. The Kier molecular flexibility index (Phi) is 8.78. The largest absolute Gasteiger partial charge is 0.366 e. The van der Waals surface area contributed by atoms with Crippen molar-refractivity contribution in [1.82, 2.24) is 15.5 Å². The SMILES string of the molecule is C1=CCCC(N2C3=C(c4ccccc4N(c4ccc(-c5ccc(C6C=C(c7ccccc7)NC(c7ccccc7)N6)cc5)cc4)c4ccccc43)C3C=CCCC32)=C1. The van der Waals surface area contributed by atoms with Gasteiger partial charge < -0.3 is 15.1 Å². The summed E-state index contributed by atoms with van der Waals surface area (Å²) in [7, 11) is 0. The molecule has 58 heavy (non-hydrogen) atoms. The van der Waals surface area contributed by atoms with Gasteiger partial charge in [0.15, 0.2) is 0 Å². The molecule has 4 atom stereocenters. The van der Waals surface area contributed by atoms with Crippen molar-refractivity contribution >= 4 is 34.0 Å². The topological polar surface area (TPSA) is 30.5 Å². The molecule has 0 spiro atoms. The van der Waals surface area contributed by atoms with Gasteiger partial charge in [0.05, 0.1) is 23.1 Å². The van der Waals surface area contributed by atoms with Gasteiger partial charge in [0.2, 0.25) is 0 Å². The van der Waals surface area contributed by atoms with Crippen LogP contribution in [0.1, 0.15) is 65.7 Å². The number of nitrogens with one attached hydrogen (secondary N) is 2. The van der Waals surface area contributed by atoms with Crippen LogP contribution in [0.25, 0.3) is 28.1 Å². The standard InChI is InChI=1S/C54H46N4/c1-4-16-39(17-5-1)47-36-48(56-54(55-47)41-18-6-2-7-19-41)40-30-28-37(29-31-40)38-32-34-43(35-33-38)57-49-25-13-10-22-44(49)52-45-23-11-14-26-50(45)58(42-20-8-3-9-21-42)53(52)46-24-12-15-27-51(46)57/h1-8,10-13,15-20,22-25,27-36,45,48,50,54-56H,9,14,21,26H2. The highest BCUT2D eigenvalue weighted by Crippen LogP contribution is 2.57. The maximum absolute atomic E-state index is 3.85. The van der Waals surface area contributed by atoms with Crippen molar-refractivity contribution in [2.75, 3.05) is 4.90 Å². The first kappa shape index (κ1) is 34.6. The molecule has 2 aliphatic carbocycles. The van der Waals surface area contributed by atoms with E-state index in [-0.39, 0.29) is 12.2 Å². The van der Waals surface area contributed by atoms with Crippen molar-refractivity contribution in [2.45, 2.75) is 43.9 Å². The molecule has 3 aliphatic heterocycles.